The number of unbranched alkanes of at least 4 members (excludes halogenated alkanes) is 12. The summed E-state index contributed by atoms with van der Waals surface area (Å²) in [6.45, 7) is 5.06. The Morgan fingerprint density at radius 3 is 1.51 bits per heavy atom. The number of carbonyl (C=O) groups excluding carboxylic acids is 2. The van der Waals surface area contributed by atoms with E-state index in [0.717, 1.165) is 70.6 Å². The zero-order valence-electron chi connectivity index (χ0n) is 23.1. The number of ether oxygens (including phenoxy) is 1. The van der Waals surface area contributed by atoms with E-state index in [1.54, 1.807) is 0 Å². The van der Waals surface area contributed by atoms with Crippen molar-refractivity contribution in [2.75, 3.05) is 6.61 Å². The second-order valence-corrected chi connectivity index (χ2v) is 10.3. The van der Waals surface area contributed by atoms with Gasteiger partial charge >= 0.3 is 11.9 Å². The van der Waals surface area contributed by atoms with Crippen LogP contribution < -0.4 is 0 Å². The smallest absolute Gasteiger partial charge is 0.305 e. The van der Waals surface area contributed by atoms with Crippen LogP contribution in [-0.4, -0.2) is 29.4 Å². The highest BCUT2D eigenvalue weighted by molar-refractivity contribution is 5.78. The van der Waals surface area contributed by atoms with Crippen LogP contribution in [0.3, 0.4) is 0 Å². The lowest BCUT2D eigenvalue weighted by molar-refractivity contribution is -0.144. The zero-order valence-corrected chi connectivity index (χ0v) is 23.1. The third kappa shape index (κ3) is 25.5. The van der Waals surface area contributed by atoms with Gasteiger partial charge in [0.1, 0.15) is 5.78 Å². The number of carbonyl (C=O) groups is 3. The van der Waals surface area contributed by atoms with Crippen LogP contribution in [0.1, 0.15) is 162 Å². The molecule has 0 amide bonds. The maximum atomic E-state index is 12.0. The van der Waals surface area contributed by atoms with Crippen LogP contribution in [-0.2, 0) is 19.1 Å². The van der Waals surface area contributed by atoms with E-state index in [0.29, 0.717) is 37.6 Å². The van der Waals surface area contributed by atoms with Crippen molar-refractivity contribution in [2.45, 2.75) is 162 Å². The molecule has 0 aliphatic rings. The number of hydrogen-bond acceptors (Lipinski definition) is 4. The van der Waals surface area contributed by atoms with Gasteiger partial charge in [0.15, 0.2) is 0 Å². The molecule has 0 spiro atoms. The maximum Gasteiger partial charge on any atom is 0.305 e. The van der Waals surface area contributed by atoms with E-state index >= 15 is 0 Å². The SMILES string of the molecule is CCCCCC(CCCCC)CCOC(=O)CCCCCCCC(=O)CCCCCCCC(=O)O. The van der Waals surface area contributed by atoms with Crippen LogP contribution in [0.5, 0.6) is 0 Å². The quantitative estimate of drug-likeness (QED) is 0.0907. The lowest BCUT2D eigenvalue weighted by atomic mass is 9.92. The highest BCUT2D eigenvalue weighted by Gasteiger charge is 2.10. The van der Waals surface area contributed by atoms with Gasteiger partial charge in [0, 0.05) is 25.7 Å². The van der Waals surface area contributed by atoms with Gasteiger partial charge in [-0.2, -0.15) is 0 Å². The number of carboxylic acids is 1. The molecule has 0 aromatic rings. The number of Topliss-reactive ketones (excluding diaryl/α,β-unsaturated/α-hetero) is 1. The molecule has 0 rings (SSSR count). The molecule has 5 nitrogen and oxygen atoms in total. The summed E-state index contributed by atoms with van der Waals surface area (Å²) in [5.74, 6) is 0.271. The van der Waals surface area contributed by atoms with Gasteiger partial charge < -0.3 is 9.84 Å². The minimum Gasteiger partial charge on any atom is -0.481 e. The van der Waals surface area contributed by atoms with Crippen molar-refractivity contribution in [2.24, 2.45) is 5.92 Å². The Labute approximate surface area is 216 Å². The molecular formula is C30H56O5. The molecule has 5 heteroatoms. The van der Waals surface area contributed by atoms with E-state index in [2.05, 4.69) is 13.8 Å². The molecule has 1 N–H and O–H groups in total. The van der Waals surface area contributed by atoms with Crippen molar-refractivity contribution in [1.82, 2.24) is 0 Å². The van der Waals surface area contributed by atoms with Crippen molar-refractivity contribution in [3.05, 3.63) is 0 Å². The summed E-state index contributed by atoms with van der Waals surface area (Å²) < 4.78 is 5.51. The first-order valence-corrected chi connectivity index (χ1v) is 14.9. The van der Waals surface area contributed by atoms with Gasteiger partial charge in [-0.3, -0.25) is 14.4 Å². The van der Waals surface area contributed by atoms with E-state index in [-0.39, 0.29) is 12.4 Å². The monoisotopic (exact) mass is 496 g/mol. The van der Waals surface area contributed by atoms with Crippen LogP contribution in [0.2, 0.25) is 0 Å². The van der Waals surface area contributed by atoms with Crippen molar-refractivity contribution >= 4 is 17.7 Å². The standard InChI is InChI=1S/C30H56O5/c1-3-5-13-19-27(20-14-6-4-2)25-26-35-30(34)24-18-12-8-10-16-22-28(31)21-15-9-7-11-17-23-29(32)33/h27H,3-26H2,1-2H3,(H,32,33). The molecule has 206 valence electrons. The number of aliphatic carboxylic acids is 1. The van der Waals surface area contributed by atoms with E-state index in [9.17, 15) is 14.4 Å². The molecule has 0 bridgehead atoms. The fourth-order valence-corrected chi connectivity index (χ4v) is 4.59. The molecule has 0 saturated heterocycles. The largest absolute Gasteiger partial charge is 0.481 e. The summed E-state index contributed by atoms with van der Waals surface area (Å²) in [4.78, 5) is 34.5. The van der Waals surface area contributed by atoms with Gasteiger partial charge in [0.05, 0.1) is 6.61 Å². The minimum absolute atomic E-state index is 0.0518. The maximum absolute atomic E-state index is 12.0. The lowest BCUT2D eigenvalue weighted by Crippen LogP contribution is -2.10. The number of hydrogen-bond donors (Lipinski definition) is 1. The molecule has 0 heterocycles. The first-order chi connectivity index (χ1) is 17.0. The van der Waals surface area contributed by atoms with Gasteiger partial charge in [0.25, 0.3) is 0 Å². The molecule has 0 aliphatic carbocycles. The highest BCUT2D eigenvalue weighted by Crippen LogP contribution is 2.21. The average Bonchev–Trinajstić information content (AvgIpc) is 2.82. The summed E-state index contributed by atoms with van der Waals surface area (Å²) in [5, 5.41) is 8.60. The predicted octanol–water partition coefficient (Wildman–Crippen LogP) is 8.81. The first-order valence-electron chi connectivity index (χ1n) is 14.9. The Kier molecular flexibility index (Phi) is 24.7. The van der Waals surface area contributed by atoms with Crippen LogP contribution in [0.4, 0.5) is 0 Å². The molecule has 0 radical (unpaired) electrons. The van der Waals surface area contributed by atoms with Gasteiger partial charge in [-0.15, -0.1) is 0 Å². The number of carboxylic acid groups (broad SMARTS) is 1. The Bertz CT molecular complexity index is 507. The molecule has 35 heavy (non-hydrogen) atoms. The van der Waals surface area contributed by atoms with Crippen LogP contribution in [0.25, 0.3) is 0 Å². The fourth-order valence-electron chi connectivity index (χ4n) is 4.59. The predicted molar refractivity (Wildman–Crippen MR) is 145 cm³/mol. The van der Waals surface area contributed by atoms with Crippen molar-refractivity contribution in [3.8, 4) is 0 Å². The summed E-state index contributed by atoms with van der Waals surface area (Å²) >= 11 is 0. The Morgan fingerprint density at radius 2 is 1.03 bits per heavy atom. The summed E-state index contributed by atoms with van der Waals surface area (Å²) in [7, 11) is 0. The van der Waals surface area contributed by atoms with Crippen molar-refractivity contribution < 1.29 is 24.2 Å². The third-order valence-corrected chi connectivity index (χ3v) is 6.90. The van der Waals surface area contributed by atoms with Gasteiger partial charge in [-0.25, -0.2) is 0 Å². The molecule has 0 unspecified atom stereocenters. The van der Waals surface area contributed by atoms with Crippen molar-refractivity contribution in [3.63, 3.8) is 0 Å². The summed E-state index contributed by atoms with van der Waals surface area (Å²) in [5.41, 5.74) is 0. The van der Waals surface area contributed by atoms with E-state index in [4.69, 9.17) is 9.84 Å². The summed E-state index contributed by atoms with van der Waals surface area (Å²) in [6, 6.07) is 0. The Balaban J connectivity index is 3.60. The van der Waals surface area contributed by atoms with Gasteiger partial charge in [-0.05, 0) is 38.0 Å². The minimum atomic E-state index is -0.727. The topological polar surface area (TPSA) is 80.7 Å². The average molecular weight is 497 g/mol. The fraction of sp³-hybridized carbons (Fsp3) is 0.900. The molecular weight excluding hydrogens is 440 g/mol. The van der Waals surface area contributed by atoms with Crippen LogP contribution in [0, 0.1) is 5.92 Å². The van der Waals surface area contributed by atoms with E-state index in [1.807, 2.05) is 0 Å². The molecule has 0 aliphatic heterocycles. The molecule has 0 aromatic carbocycles. The molecule has 0 atom stereocenters. The van der Waals surface area contributed by atoms with Gasteiger partial charge in [0.2, 0.25) is 0 Å². The Hall–Kier alpha value is -1.39. The summed E-state index contributed by atoms with van der Waals surface area (Å²) in [6.07, 6.45) is 22.9. The molecule has 0 fully saturated rings. The lowest BCUT2D eigenvalue weighted by Gasteiger charge is -2.16. The zero-order chi connectivity index (χ0) is 26.0. The van der Waals surface area contributed by atoms with Crippen molar-refractivity contribution in [1.29, 1.82) is 0 Å². The number of ketones is 1. The number of rotatable bonds is 27. The number of esters is 1. The Morgan fingerprint density at radius 1 is 0.571 bits per heavy atom. The van der Waals surface area contributed by atoms with Crippen LogP contribution in [0.15, 0.2) is 0 Å². The van der Waals surface area contributed by atoms with E-state index in [1.165, 1.54) is 51.4 Å². The second kappa shape index (κ2) is 25.7. The second-order valence-electron chi connectivity index (χ2n) is 10.3. The van der Waals surface area contributed by atoms with Gasteiger partial charge in [-0.1, -0.05) is 104 Å². The first kappa shape index (κ1) is 33.6. The van der Waals surface area contributed by atoms with E-state index < -0.39 is 5.97 Å². The van der Waals surface area contributed by atoms with Crippen LogP contribution >= 0.6 is 0 Å². The molecule has 0 aromatic heterocycles. The normalized spacial score (nSPS) is 11.2. The highest BCUT2D eigenvalue weighted by atomic mass is 16.5. The third-order valence-electron chi connectivity index (χ3n) is 6.90. The molecule has 0 saturated carbocycles.